The summed E-state index contributed by atoms with van der Waals surface area (Å²) in [5.41, 5.74) is 6.11. The van der Waals surface area contributed by atoms with Crippen LogP contribution in [0.15, 0.2) is 46.0 Å². The predicted molar refractivity (Wildman–Crippen MR) is 95.9 cm³/mol. The first-order valence-electron chi connectivity index (χ1n) is 7.07. The normalized spacial score (nSPS) is 10.7. The average molecular weight is 376 g/mol. The van der Waals surface area contributed by atoms with Crippen LogP contribution in [-0.4, -0.2) is 23.8 Å². The van der Waals surface area contributed by atoms with Gasteiger partial charge in [-0.2, -0.15) is 5.10 Å². The molecular weight excluding hydrogens is 358 g/mol. The van der Waals surface area contributed by atoms with Gasteiger partial charge < -0.3 is 10.4 Å². The molecule has 2 rings (SSSR count). The molecule has 0 unspecified atom stereocenters. The van der Waals surface area contributed by atoms with E-state index >= 15 is 0 Å². The largest absolute Gasteiger partial charge is 0.507 e. The molecule has 0 saturated carbocycles. The first-order valence-corrected chi connectivity index (χ1v) is 7.86. The van der Waals surface area contributed by atoms with Crippen LogP contribution in [0.5, 0.6) is 5.75 Å². The van der Waals surface area contributed by atoms with E-state index in [1.54, 1.807) is 18.2 Å². The maximum absolute atomic E-state index is 11.8. The molecule has 0 fully saturated rings. The third-order valence-corrected chi connectivity index (χ3v) is 3.70. The second-order valence-corrected chi connectivity index (χ2v) is 6.08. The molecule has 0 spiro atoms. The van der Waals surface area contributed by atoms with Gasteiger partial charge in [0.2, 0.25) is 0 Å². The second kappa shape index (κ2) is 7.78. The number of hydrazone groups is 1. The van der Waals surface area contributed by atoms with E-state index in [-0.39, 0.29) is 18.2 Å². The fourth-order valence-corrected chi connectivity index (χ4v) is 2.41. The molecule has 0 aromatic heterocycles. The number of carbonyl (C=O) groups is 1. The number of anilines is 1. The smallest absolute Gasteiger partial charge is 0.259 e. The molecule has 0 heterocycles. The summed E-state index contributed by atoms with van der Waals surface area (Å²) in [6, 6.07) is 11.0. The van der Waals surface area contributed by atoms with Crippen molar-refractivity contribution < 1.29 is 9.90 Å². The Bertz CT molecular complexity index is 745. The summed E-state index contributed by atoms with van der Waals surface area (Å²) in [6.45, 7) is 4.13. The summed E-state index contributed by atoms with van der Waals surface area (Å²) < 4.78 is 0.819. The van der Waals surface area contributed by atoms with Gasteiger partial charge in [-0.05, 0) is 43.7 Å². The number of benzene rings is 2. The molecule has 0 aliphatic heterocycles. The zero-order valence-electron chi connectivity index (χ0n) is 12.9. The summed E-state index contributed by atoms with van der Waals surface area (Å²) in [5.74, 6) is -0.171. The fourth-order valence-electron chi connectivity index (χ4n) is 2.03. The summed E-state index contributed by atoms with van der Waals surface area (Å²) in [6.07, 6.45) is 1.40. The van der Waals surface area contributed by atoms with E-state index in [0.717, 1.165) is 15.7 Å². The number of hydrogen-bond donors (Lipinski definition) is 3. The van der Waals surface area contributed by atoms with Crippen molar-refractivity contribution in [3.63, 3.8) is 0 Å². The molecule has 1 amide bonds. The van der Waals surface area contributed by atoms with Crippen LogP contribution < -0.4 is 10.7 Å². The van der Waals surface area contributed by atoms with E-state index in [1.165, 1.54) is 11.8 Å². The lowest BCUT2D eigenvalue weighted by atomic mass is 10.1. The van der Waals surface area contributed by atoms with E-state index in [4.69, 9.17) is 0 Å². The zero-order chi connectivity index (χ0) is 16.8. The summed E-state index contributed by atoms with van der Waals surface area (Å²) in [7, 11) is 0. The number of phenolic OH excluding ortho intramolecular Hbond substituents is 1. The molecule has 0 radical (unpaired) electrons. The monoisotopic (exact) mass is 375 g/mol. The standard InChI is InChI=1S/C17H18BrN3O2/c1-11-3-5-15(12(2)7-11)19-10-17(23)21-20-9-13-8-14(18)4-6-16(13)22/h3-9,19,22H,10H2,1-2H3,(H,21,23). The number of hydrogen-bond acceptors (Lipinski definition) is 4. The molecule has 120 valence electrons. The number of amides is 1. The number of aryl methyl sites for hydroxylation is 2. The SMILES string of the molecule is Cc1ccc(NCC(=O)NN=Cc2cc(Br)ccc2O)c(C)c1. The minimum Gasteiger partial charge on any atom is -0.507 e. The number of nitrogens with zero attached hydrogens (tertiary/aromatic N) is 1. The Hall–Kier alpha value is -2.34. The Morgan fingerprint density at radius 1 is 1.26 bits per heavy atom. The molecule has 0 aliphatic carbocycles. The lowest BCUT2D eigenvalue weighted by molar-refractivity contribution is -0.119. The molecule has 0 saturated heterocycles. The van der Waals surface area contributed by atoms with Gasteiger partial charge in [0.15, 0.2) is 0 Å². The molecule has 2 aromatic carbocycles. The number of carbonyl (C=O) groups excluding carboxylic acids is 1. The van der Waals surface area contributed by atoms with Gasteiger partial charge in [0.1, 0.15) is 5.75 Å². The first kappa shape index (κ1) is 17.0. The van der Waals surface area contributed by atoms with Gasteiger partial charge >= 0.3 is 0 Å². The zero-order valence-corrected chi connectivity index (χ0v) is 14.5. The van der Waals surface area contributed by atoms with Crippen molar-refractivity contribution in [3.8, 4) is 5.75 Å². The fraction of sp³-hybridized carbons (Fsp3) is 0.176. The maximum Gasteiger partial charge on any atom is 0.259 e. The third-order valence-electron chi connectivity index (χ3n) is 3.20. The number of phenols is 1. The average Bonchev–Trinajstić information content (AvgIpc) is 2.50. The highest BCUT2D eigenvalue weighted by atomic mass is 79.9. The Labute approximate surface area is 143 Å². The molecule has 6 heteroatoms. The van der Waals surface area contributed by atoms with Crippen molar-refractivity contribution in [1.82, 2.24) is 5.43 Å². The Morgan fingerprint density at radius 2 is 2.04 bits per heavy atom. The minimum absolute atomic E-state index is 0.0969. The van der Waals surface area contributed by atoms with E-state index in [0.29, 0.717) is 5.56 Å². The number of halogens is 1. The van der Waals surface area contributed by atoms with Gasteiger partial charge in [-0.1, -0.05) is 33.6 Å². The molecule has 0 atom stereocenters. The minimum atomic E-state index is -0.268. The summed E-state index contributed by atoms with van der Waals surface area (Å²) in [4.78, 5) is 11.8. The Morgan fingerprint density at radius 3 is 2.78 bits per heavy atom. The Kier molecular flexibility index (Phi) is 5.76. The number of aromatic hydroxyl groups is 1. The van der Waals surface area contributed by atoms with Crippen molar-refractivity contribution in [3.05, 3.63) is 57.6 Å². The summed E-state index contributed by atoms with van der Waals surface area (Å²) >= 11 is 3.31. The lowest BCUT2D eigenvalue weighted by Crippen LogP contribution is -2.26. The van der Waals surface area contributed by atoms with Crippen LogP contribution in [0.4, 0.5) is 5.69 Å². The molecule has 23 heavy (non-hydrogen) atoms. The van der Waals surface area contributed by atoms with Crippen LogP contribution in [0.25, 0.3) is 0 Å². The highest BCUT2D eigenvalue weighted by molar-refractivity contribution is 9.10. The second-order valence-electron chi connectivity index (χ2n) is 5.17. The number of rotatable bonds is 5. The van der Waals surface area contributed by atoms with Gasteiger partial charge in [-0.15, -0.1) is 0 Å². The predicted octanol–water partition coefficient (Wildman–Crippen LogP) is 3.33. The van der Waals surface area contributed by atoms with Crippen molar-refractivity contribution in [2.75, 3.05) is 11.9 Å². The van der Waals surface area contributed by atoms with Crippen molar-refractivity contribution >= 4 is 33.7 Å². The first-order chi connectivity index (χ1) is 11.0. The molecule has 3 N–H and O–H groups in total. The topological polar surface area (TPSA) is 73.7 Å². The third kappa shape index (κ3) is 5.10. The van der Waals surface area contributed by atoms with Gasteiger partial charge in [-0.3, -0.25) is 4.79 Å². The van der Waals surface area contributed by atoms with Crippen LogP contribution in [0.3, 0.4) is 0 Å². The molecular formula is C17H18BrN3O2. The van der Waals surface area contributed by atoms with Gasteiger partial charge in [-0.25, -0.2) is 5.43 Å². The lowest BCUT2D eigenvalue weighted by Gasteiger charge is -2.09. The van der Waals surface area contributed by atoms with Crippen LogP contribution in [-0.2, 0) is 4.79 Å². The van der Waals surface area contributed by atoms with Crippen LogP contribution in [0.2, 0.25) is 0 Å². The number of nitrogens with one attached hydrogen (secondary N) is 2. The molecule has 2 aromatic rings. The quantitative estimate of drug-likeness (QED) is 0.554. The highest BCUT2D eigenvalue weighted by Crippen LogP contribution is 2.20. The molecule has 0 aliphatic rings. The van der Waals surface area contributed by atoms with E-state index in [2.05, 4.69) is 37.8 Å². The van der Waals surface area contributed by atoms with E-state index in [1.807, 2.05) is 26.0 Å². The maximum atomic E-state index is 11.8. The van der Waals surface area contributed by atoms with Crippen LogP contribution in [0.1, 0.15) is 16.7 Å². The molecule has 0 bridgehead atoms. The highest BCUT2D eigenvalue weighted by Gasteiger charge is 2.03. The Balaban J connectivity index is 1.87. The van der Waals surface area contributed by atoms with Crippen LogP contribution in [0, 0.1) is 13.8 Å². The van der Waals surface area contributed by atoms with E-state index in [9.17, 15) is 9.90 Å². The van der Waals surface area contributed by atoms with Gasteiger partial charge in [0, 0.05) is 15.7 Å². The van der Waals surface area contributed by atoms with Crippen molar-refractivity contribution in [1.29, 1.82) is 0 Å². The molecule has 5 nitrogen and oxygen atoms in total. The summed E-state index contributed by atoms with van der Waals surface area (Å²) in [5, 5.41) is 16.6. The van der Waals surface area contributed by atoms with Crippen LogP contribution >= 0.6 is 15.9 Å². The van der Waals surface area contributed by atoms with Gasteiger partial charge in [0.05, 0.1) is 12.8 Å². The van der Waals surface area contributed by atoms with Crippen molar-refractivity contribution in [2.24, 2.45) is 5.10 Å². The van der Waals surface area contributed by atoms with E-state index < -0.39 is 0 Å². The van der Waals surface area contributed by atoms with Crippen molar-refractivity contribution in [2.45, 2.75) is 13.8 Å². The van der Waals surface area contributed by atoms with Gasteiger partial charge in [0.25, 0.3) is 5.91 Å².